The Morgan fingerprint density at radius 3 is 2.29 bits per heavy atom. The van der Waals surface area contributed by atoms with E-state index in [1.54, 1.807) is 12.1 Å². The zero-order valence-corrected chi connectivity index (χ0v) is 12.0. The van der Waals surface area contributed by atoms with Crippen molar-refractivity contribution in [3.05, 3.63) is 71.8 Å². The van der Waals surface area contributed by atoms with Gasteiger partial charge in [0.25, 0.3) is 11.9 Å². The van der Waals surface area contributed by atoms with Crippen LogP contribution in [0.5, 0.6) is 0 Å². The molecule has 0 unspecified atom stereocenters. The molecule has 0 heterocycles. The summed E-state index contributed by atoms with van der Waals surface area (Å²) in [5.74, 6) is -0.226. The van der Waals surface area contributed by atoms with Crippen molar-refractivity contribution in [2.75, 3.05) is 6.61 Å². The van der Waals surface area contributed by atoms with E-state index in [4.69, 9.17) is 4.74 Å². The summed E-state index contributed by atoms with van der Waals surface area (Å²) in [6, 6.07) is 19.0. The van der Waals surface area contributed by atoms with Crippen molar-refractivity contribution in [2.24, 2.45) is 4.99 Å². The number of nitrogens with one attached hydrogen (secondary N) is 1. The van der Waals surface area contributed by atoms with Crippen LogP contribution in [0.4, 0.5) is 0 Å². The van der Waals surface area contributed by atoms with Crippen molar-refractivity contribution >= 4 is 11.9 Å². The van der Waals surface area contributed by atoms with Crippen LogP contribution in [0.1, 0.15) is 22.8 Å². The Labute approximate surface area is 124 Å². The molecule has 1 amide bonds. The molecule has 0 saturated carbocycles. The molecular formula is C17H18N2O2. The minimum atomic E-state index is -0.226. The molecule has 0 aliphatic rings. The highest BCUT2D eigenvalue weighted by Gasteiger charge is 2.08. The number of hydrogen-bond acceptors (Lipinski definition) is 3. The van der Waals surface area contributed by atoms with Crippen LogP contribution < -0.4 is 5.32 Å². The summed E-state index contributed by atoms with van der Waals surface area (Å²) < 4.78 is 5.37. The maximum atomic E-state index is 12.1. The van der Waals surface area contributed by atoms with E-state index in [1.165, 1.54) is 0 Å². The summed E-state index contributed by atoms with van der Waals surface area (Å²) in [7, 11) is 0. The van der Waals surface area contributed by atoms with Gasteiger partial charge in [-0.2, -0.15) is 0 Å². The molecule has 0 atom stereocenters. The number of carbonyl (C=O) groups excluding carboxylic acids is 1. The van der Waals surface area contributed by atoms with E-state index in [9.17, 15) is 4.79 Å². The highest BCUT2D eigenvalue weighted by atomic mass is 16.5. The lowest BCUT2D eigenvalue weighted by atomic mass is 10.2. The average Bonchev–Trinajstić information content (AvgIpc) is 2.54. The fourth-order valence-corrected chi connectivity index (χ4v) is 1.76. The van der Waals surface area contributed by atoms with E-state index in [2.05, 4.69) is 10.3 Å². The second-order valence-electron chi connectivity index (χ2n) is 4.36. The normalized spacial score (nSPS) is 11.0. The van der Waals surface area contributed by atoms with E-state index in [0.717, 1.165) is 5.56 Å². The van der Waals surface area contributed by atoms with Gasteiger partial charge in [0.1, 0.15) is 0 Å². The Bertz CT molecular complexity index is 595. The van der Waals surface area contributed by atoms with E-state index in [-0.39, 0.29) is 11.9 Å². The third-order valence-electron chi connectivity index (χ3n) is 2.79. The molecule has 0 fully saturated rings. The molecule has 0 spiro atoms. The predicted octanol–water partition coefficient (Wildman–Crippen LogP) is 3.01. The third kappa shape index (κ3) is 4.76. The standard InChI is InChI=1S/C17H18N2O2/c1-2-21-17(18-13-14-9-5-3-6-10-14)19-16(20)15-11-7-4-8-12-15/h3-12H,2,13H2,1H3,(H,18,19,20). The van der Waals surface area contributed by atoms with E-state index >= 15 is 0 Å². The summed E-state index contributed by atoms with van der Waals surface area (Å²) in [5.41, 5.74) is 1.63. The fraction of sp³-hybridized carbons (Fsp3) is 0.176. The topological polar surface area (TPSA) is 50.7 Å². The van der Waals surface area contributed by atoms with Gasteiger partial charge in [-0.25, -0.2) is 4.99 Å². The van der Waals surface area contributed by atoms with Crippen molar-refractivity contribution in [3.8, 4) is 0 Å². The van der Waals surface area contributed by atoms with Crippen LogP contribution in [-0.4, -0.2) is 18.5 Å². The molecule has 0 aromatic heterocycles. The largest absolute Gasteiger partial charge is 0.465 e. The molecule has 1 N–H and O–H groups in total. The fourth-order valence-electron chi connectivity index (χ4n) is 1.76. The Balaban J connectivity index is 2.03. The lowest BCUT2D eigenvalue weighted by Crippen LogP contribution is -2.32. The van der Waals surface area contributed by atoms with Gasteiger partial charge >= 0.3 is 0 Å². The number of rotatable bonds is 4. The van der Waals surface area contributed by atoms with Gasteiger partial charge in [0.05, 0.1) is 13.2 Å². The number of carbonyl (C=O) groups is 1. The van der Waals surface area contributed by atoms with Gasteiger partial charge in [0.2, 0.25) is 0 Å². The zero-order valence-electron chi connectivity index (χ0n) is 12.0. The van der Waals surface area contributed by atoms with Gasteiger partial charge in [-0.15, -0.1) is 0 Å². The first-order valence-corrected chi connectivity index (χ1v) is 6.87. The summed E-state index contributed by atoms with van der Waals surface area (Å²) in [6.07, 6.45) is 0. The first-order chi connectivity index (χ1) is 10.3. The molecule has 0 radical (unpaired) electrons. The number of aliphatic imine (C=N–C) groups is 1. The summed E-state index contributed by atoms with van der Waals surface area (Å²) in [5, 5.41) is 2.69. The molecule has 108 valence electrons. The Morgan fingerprint density at radius 2 is 1.67 bits per heavy atom. The SMILES string of the molecule is CCOC(=NCc1ccccc1)NC(=O)c1ccccc1. The van der Waals surface area contributed by atoms with Crippen LogP contribution in [0, 0.1) is 0 Å². The van der Waals surface area contributed by atoms with Crippen molar-refractivity contribution in [1.29, 1.82) is 0 Å². The van der Waals surface area contributed by atoms with E-state index in [0.29, 0.717) is 18.7 Å². The Kier molecular flexibility index (Phi) is 5.52. The second kappa shape index (κ2) is 7.85. The number of amidine groups is 1. The zero-order chi connectivity index (χ0) is 14.9. The van der Waals surface area contributed by atoms with Crippen molar-refractivity contribution < 1.29 is 9.53 Å². The van der Waals surface area contributed by atoms with Crippen molar-refractivity contribution in [2.45, 2.75) is 13.5 Å². The van der Waals surface area contributed by atoms with Gasteiger partial charge in [-0.1, -0.05) is 48.5 Å². The Hall–Kier alpha value is -2.62. The molecule has 2 rings (SSSR count). The summed E-state index contributed by atoms with van der Waals surface area (Å²) >= 11 is 0. The summed E-state index contributed by atoms with van der Waals surface area (Å²) in [4.78, 5) is 16.4. The minimum Gasteiger partial charge on any atom is -0.465 e. The molecule has 0 saturated heterocycles. The molecule has 4 nitrogen and oxygen atoms in total. The van der Waals surface area contributed by atoms with Gasteiger partial charge < -0.3 is 4.74 Å². The van der Waals surface area contributed by atoms with Gasteiger partial charge in [0, 0.05) is 5.56 Å². The van der Waals surface area contributed by atoms with Gasteiger partial charge in [-0.05, 0) is 24.6 Å². The number of hydrogen-bond donors (Lipinski definition) is 1. The number of benzene rings is 2. The maximum Gasteiger partial charge on any atom is 0.292 e. The van der Waals surface area contributed by atoms with Crippen molar-refractivity contribution in [1.82, 2.24) is 5.32 Å². The number of ether oxygens (including phenoxy) is 1. The quantitative estimate of drug-likeness (QED) is 0.692. The molecule has 0 aliphatic carbocycles. The first kappa shape index (κ1) is 14.8. The number of amides is 1. The molecule has 4 heteroatoms. The molecular weight excluding hydrogens is 264 g/mol. The molecule has 21 heavy (non-hydrogen) atoms. The van der Waals surface area contributed by atoms with Crippen LogP contribution >= 0.6 is 0 Å². The van der Waals surface area contributed by atoms with Crippen LogP contribution in [0.15, 0.2) is 65.7 Å². The van der Waals surface area contributed by atoms with Crippen molar-refractivity contribution in [3.63, 3.8) is 0 Å². The smallest absolute Gasteiger partial charge is 0.292 e. The van der Waals surface area contributed by atoms with Crippen LogP contribution in [-0.2, 0) is 11.3 Å². The lowest BCUT2D eigenvalue weighted by molar-refractivity contribution is 0.0966. The monoisotopic (exact) mass is 282 g/mol. The molecule has 0 bridgehead atoms. The summed E-state index contributed by atoms with van der Waals surface area (Å²) in [6.45, 7) is 2.76. The van der Waals surface area contributed by atoms with Crippen LogP contribution in [0.3, 0.4) is 0 Å². The minimum absolute atomic E-state index is 0.226. The second-order valence-corrected chi connectivity index (χ2v) is 4.36. The van der Waals surface area contributed by atoms with Gasteiger partial charge in [0.15, 0.2) is 0 Å². The maximum absolute atomic E-state index is 12.1. The molecule has 2 aromatic rings. The lowest BCUT2D eigenvalue weighted by Gasteiger charge is -2.09. The molecule has 0 aliphatic heterocycles. The highest BCUT2D eigenvalue weighted by Crippen LogP contribution is 2.02. The van der Waals surface area contributed by atoms with Crippen LogP contribution in [0.2, 0.25) is 0 Å². The first-order valence-electron chi connectivity index (χ1n) is 6.87. The average molecular weight is 282 g/mol. The third-order valence-corrected chi connectivity index (χ3v) is 2.79. The van der Waals surface area contributed by atoms with E-state index < -0.39 is 0 Å². The van der Waals surface area contributed by atoms with Crippen LogP contribution in [0.25, 0.3) is 0 Å². The highest BCUT2D eigenvalue weighted by molar-refractivity contribution is 6.04. The molecule has 2 aromatic carbocycles. The van der Waals surface area contributed by atoms with E-state index in [1.807, 2.05) is 55.5 Å². The number of nitrogens with zero attached hydrogens (tertiary/aromatic N) is 1. The van der Waals surface area contributed by atoms with Gasteiger partial charge in [-0.3, -0.25) is 10.1 Å². The Morgan fingerprint density at radius 1 is 1.05 bits per heavy atom. The predicted molar refractivity (Wildman–Crippen MR) is 83.1 cm³/mol.